The highest BCUT2D eigenvalue weighted by Crippen LogP contribution is 2.49. The summed E-state index contributed by atoms with van der Waals surface area (Å²) in [5, 5.41) is 7.09. The number of hydrogen-bond donors (Lipinski definition) is 4. The molecule has 2 aliphatic heterocycles. The predicted molar refractivity (Wildman–Crippen MR) is 209 cm³/mol. The number of H-pyrrole nitrogens is 2. The number of ether oxygens (including phenoxy) is 2. The zero-order valence-corrected chi connectivity index (χ0v) is 30.5. The molecule has 11 rings (SSSR count). The van der Waals surface area contributed by atoms with Crippen molar-refractivity contribution in [2.45, 2.75) is 69.1 Å². The van der Waals surface area contributed by atoms with E-state index < -0.39 is 0 Å². The third kappa shape index (κ3) is 5.71. The normalized spacial score (nSPS) is 21.8. The molecule has 0 radical (unpaired) electrons. The summed E-state index contributed by atoms with van der Waals surface area (Å²) in [6, 6.07) is 28.1. The van der Waals surface area contributed by atoms with E-state index in [1.54, 1.807) is 7.11 Å². The summed E-state index contributed by atoms with van der Waals surface area (Å²) in [7, 11) is 3.67. The second-order valence-electron chi connectivity index (χ2n) is 15.4. The number of fused-ring (bicyclic) bond motifs is 3. The van der Waals surface area contributed by atoms with E-state index in [1.165, 1.54) is 62.9 Å². The lowest BCUT2D eigenvalue weighted by molar-refractivity contribution is -0.0348. The molecule has 4 aromatic carbocycles. The lowest BCUT2D eigenvalue weighted by Gasteiger charge is -2.44. The van der Waals surface area contributed by atoms with Crippen LogP contribution in [0.3, 0.4) is 0 Å². The maximum atomic E-state index is 6.48. The molecule has 3 atom stereocenters. The molecule has 0 spiro atoms. The highest BCUT2D eigenvalue weighted by molar-refractivity contribution is 5.76. The maximum absolute atomic E-state index is 6.48. The molecular weight excluding hydrogens is 657 g/mol. The molecule has 0 saturated carbocycles. The average Bonchev–Trinajstić information content (AvgIpc) is 4.04. The Morgan fingerprint density at radius 2 is 1.13 bits per heavy atom. The predicted octanol–water partition coefficient (Wildman–Crippen LogP) is 8.40. The Morgan fingerprint density at radius 3 is 1.68 bits per heavy atom. The van der Waals surface area contributed by atoms with Gasteiger partial charge >= 0.3 is 0 Å². The molecule has 4 N–H and O–H groups in total. The summed E-state index contributed by atoms with van der Waals surface area (Å²) in [5.74, 6) is 3.01. The van der Waals surface area contributed by atoms with Crippen LogP contribution in [0.2, 0.25) is 0 Å². The number of imidazole rings is 2. The van der Waals surface area contributed by atoms with Crippen LogP contribution in [0.15, 0.2) is 85.2 Å². The van der Waals surface area contributed by atoms with Crippen molar-refractivity contribution in [3.05, 3.63) is 125 Å². The van der Waals surface area contributed by atoms with E-state index in [0.717, 1.165) is 91.5 Å². The van der Waals surface area contributed by atoms with Crippen LogP contribution in [0, 0.1) is 0 Å². The smallest absolute Gasteiger partial charge is 0.123 e. The van der Waals surface area contributed by atoms with E-state index in [0.29, 0.717) is 12.1 Å². The standard InChI is InChI=1S/C45H46N6O2/c1-52-42-22-33-23-45(53-2)24-34-20-35(27-7-11-29(12-8-27)40-25-48-43(50-40)38-5-3-17-46-38)31(21-37(34)45)15-16-32(42)19-36(33)28-9-13-30(14-10-28)41-26-49-44(51-41)39-6-4-18-47-39/h7-14,19-22,25-26,38-39,46-47H,3-6,15-18,23-24H2,1-2H3,(H,48,50)(H,49,51)/t38-,39-,45+/m0/s1. The summed E-state index contributed by atoms with van der Waals surface area (Å²) in [6.45, 7) is 2.11. The van der Waals surface area contributed by atoms with Crippen molar-refractivity contribution in [2.75, 3.05) is 27.3 Å². The Balaban J connectivity index is 0.971. The highest BCUT2D eigenvalue weighted by atomic mass is 16.5. The van der Waals surface area contributed by atoms with Crippen LogP contribution in [-0.4, -0.2) is 47.2 Å². The van der Waals surface area contributed by atoms with Gasteiger partial charge in [0.1, 0.15) is 23.0 Å². The minimum Gasteiger partial charge on any atom is -0.496 e. The third-order valence-electron chi connectivity index (χ3n) is 12.3. The Labute approximate surface area is 310 Å². The third-order valence-corrected chi connectivity index (χ3v) is 12.3. The van der Waals surface area contributed by atoms with Crippen LogP contribution in [-0.2, 0) is 36.0 Å². The van der Waals surface area contributed by atoms with Crippen LogP contribution < -0.4 is 15.4 Å². The van der Waals surface area contributed by atoms with Crippen molar-refractivity contribution >= 4 is 0 Å². The van der Waals surface area contributed by atoms with Gasteiger partial charge in [-0.05, 0) is 125 Å². The van der Waals surface area contributed by atoms with Crippen LogP contribution >= 0.6 is 0 Å². The Morgan fingerprint density at radius 1 is 0.604 bits per heavy atom. The second-order valence-corrected chi connectivity index (χ2v) is 15.4. The molecule has 4 bridgehead atoms. The van der Waals surface area contributed by atoms with E-state index >= 15 is 0 Å². The van der Waals surface area contributed by atoms with Crippen molar-refractivity contribution < 1.29 is 9.47 Å². The van der Waals surface area contributed by atoms with Crippen molar-refractivity contribution in [3.63, 3.8) is 0 Å². The molecule has 8 heteroatoms. The monoisotopic (exact) mass is 702 g/mol. The van der Waals surface area contributed by atoms with E-state index in [-0.39, 0.29) is 5.60 Å². The second kappa shape index (κ2) is 13.1. The molecule has 2 saturated heterocycles. The first kappa shape index (κ1) is 32.6. The van der Waals surface area contributed by atoms with Gasteiger partial charge in [0.15, 0.2) is 0 Å². The molecule has 2 aromatic heterocycles. The minimum atomic E-state index is -0.384. The summed E-state index contributed by atoms with van der Waals surface area (Å²) in [6.07, 6.45) is 12.0. The fourth-order valence-corrected chi connectivity index (χ4v) is 9.30. The van der Waals surface area contributed by atoms with Gasteiger partial charge in [0.25, 0.3) is 0 Å². The molecule has 5 aliphatic rings. The number of aromatic amines is 2. The topological polar surface area (TPSA) is 99.9 Å². The van der Waals surface area contributed by atoms with Crippen molar-refractivity contribution in [1.29, 1.82) is 0 Å². The van der Waals surface area contributed by atoms with Gasteiger partial charge in [0.05, 0.1) is 43.0 Å². The summed E-state index contributed by atoms with van der Waals surface area (Å²) >= 11 is 0. The van der Waals surface area contributed by atoms with Gasteiger partial charge in [0, 0.05) is 20.0 Å². The number of hydrogen-bond acceptors (Lipinski definition) is 6. The summed E-state index contributed by atoms with van der Waals surface area (Å²) in [4.78, 5) is 16.5. The van der Waals surface area contributed by atoms with Crippen LogP contribution in [0.25, 0.3) is 44.8 Å². The first-order valence-electron chi connectivity index (χ1n) is 19.3. The fraction of sp³-hybridized carbons (Fsp3) is 0.333. The van der Waals surface area contributed by atoms with E-state index in [2.05, 4.69) is 93.4 Å². The SMILES string of the molecule is COc1cc2c(-c3ccc(-c4cnc([C@@H]5CCCN5)[nH]4)cc3)cc1CCc1cc3c(cc1-c1ccc(-c4cnc([C@@H]5CCCN5)[nH]4)cc1)C[C@]3(OC)C2. The van der Waals surface area contributed by atoms with Gasteiger partial charge in [-0.3, -0.25) is 0 Å². The number of methoxy groups -OCH3 is 2. The average molecular weight is 703 g/mol. The zero-order valence-electron chi connectivity index (χ0n) is 30.5. The number of benzene rings is 4. The number of nitrogens with zero attached hydrogens (tertiary/aromatic N) is 2. The Hall–Kier alpha value is -5.02. The van der Waals surface area contributed by atoms with Gasteiger partial charge < -0.3 is 30.1 Å². The molecule has 2 fully saturated rings. The maximum Gasteiger partial charge on any atom is 0.123 e. The first-order valence-corrected chi connectivity index (χ1v) is 19.3. The molecule has 4 heterocycles. The quantitative estimate of drug-likeness (QED) is 0.127. The molecule has 0 unspecified atom stereocenters. The van der Waals surface area contributed by atoms with E-state index in [9.17, 15) is 0 Å². The molecule has 53 heavy (non-hydrogen) atoms. The Bertz CT molecular complexity index is 2290. The highest BCUT2D eigenvalue weighted by Gasteiger charge is 2.44. The molecule has 3 aliphatic carbocycles. The molecule has 0 amide bonds. The van der Waals surface area contributed by atoms with Crippen molar-refractivity contribution in [3.8, 4) is 50.5 Å². The van der Waals surface area contributed by atoms with E-state index in [4.69, 9.17) is 19.4 Å². The lowest BCUT2D eigenvalue weighted by Crippen LogP contribution is -2.43. The van der Waals surface area contributed by atoms with Gasteiger partial charge in [-0.25, -0.2) is 9.97 Å². The van der Waals surface area contributed by atoms with Gasteiger partial charge in [-0.1, -0.05) is 60.7 Å². The van der Waals surface area contributed by atoms with Gasteiger partial charge in [-0.2, -0.15) is 0 Å². The number of aromatic nitrogens is 4. The molecule has 6 aromatic rings. The fourth-order valence-electron chi connectivity index (χ4n) is 9.30. The molecule has 8 nitrogen and oxygen atoms in total. The van der Waals surface area contributed by atoms with Crippen LogP contribution in [0.4, 0.5) is 0 Å². The largest absolute Gasteiger partial charge is 0.496 e. The summed E-state index contributed by atoms with van der Waals surface area (Å²) in [5.41, 5.74) is 15.5. The molecule has 268 valence electrons. The van der Waals surface area contributed by atoms with E-state index in [1.807, 2.05) is 19.5 Å². The van der Waals surface area contributed by atoms with Crippen molar-refractivity contribution in [1.82, 2.24) is 30.6 Å². The van der Waals surface area contributed by atoms with Crippen molar-refractivity contribution in [2.24, 2.45) is 0 Å². The number of nitrogens with one attached hydrogen (secondary N) is 4. The van der Waals surface area contributed by atoms with Gasteiger partial charge in [-0.15, -0.1) is 0 Å². The van der Waals surface area contributed by atoms with Gasteiger partial charge in [0.2, 0.25) is 0 Å². The number of aryl methyl sites for hydroxylation is 2. The minimum absolute atomic E-state index is 0.322. The number of rotatable bonds is 8. The molecular formula is C45H46N6O2. The zero-order chi connectivity index (χ0) is 35.5. The van der Waals surface area contributed by atoms with Crippen LogP contribution in [0.1, 0.15) is 77.2 Å². The van der Waals surface area contributed by atoms with Crippen LogP contribution in [0.5, 0.6) is 5.75 Å². The lowest BCUT2D eigenvalue weighted by atomic mass is 9.68. The first-order chi connectivity index (χ1) is 26.1. The Kier molecular flexibility index (Phi) is 8.08. The summed E-state index contributed by atoms with van der Waals surface area (Å²) < 4.78 is 12.6.